The molecule has 0 saturated carbocycles. The van der Waals surface area contributed by atoms with Crippen LogP contribution in [0.25, 0.3) is 11.3 Å². The van der Waals surface area contributed by atoms with E-state index in [-0.39, 0.29) is 16.1 Å². The third kappa shape index (κ3) is 3.04. The predicted octanol–water partition coefficient (Wildman–Crippen LogP) is 4.66. The van der Waals surface area contributed by atoms with Crippen LogP contribution >= 0.6 is 15.9 Å². The van der Waals surface area contributed by atoms with Gasteiger partial charge in [-0.15, -0.1) is 0 Å². The lowest BCUT2D eigenvalue weighted by Crippen LogP contribution is -2.16. The van der Waals surface area contributed by atoms with E-state index in [0.717, 1.165) is 18.7 Å². The van der Waals surface area contributed by atoms with Gasteiger partial charge in [-0.3, -0.25) is 0 Å². The van der Waals surface area contributed by atoms with Gasteiger partial charge < -0.3 is 9.73 Å². The summed E-state index contributed by atoms with van der Waals surface area (Å²) in [6, 6.07) is 5.67. The van der Waals surface area contributed by atoms with Gasteiger partial charge in [0.05, 0.1) is 16.1 Å². The molecule has 0 amide bonds. The molecule has 2 rings (SSSR count). The molecule has 0 spiro atoms. The molecular weight excluding hydrogens is 316 g/mol. The molecule has 2 nitrogen and oxygen atoms in total. The second-order valence-electron chi connectivity index (χ2n) is 4.23. The molecule has 1 N–H and O–H groups in total. The molecule has 1 aromatic carbocycles. The number of hydrogen-bond acceptors (Lipinski definition) is 2. The lowest BCUT2D eigenvalue weighted by atomic mass is 10.1. The fourth-order valence-corrected chi connectivity index (χ4v) is 2.16. The van der Waals surface area contributed by atoms with Crippen molar-refractivity contribution in [1.82, 2.24) is 5.32 Å². The molecule has 1 unspecified atom stereocenters. The van der Waals surface area contributed by atoms with E-state index in [4.69, 9.17) is 4.42 Å². The van der Waals surface area contributed by atoms with Crippen LogP contribution in [0, 0.1) is 11.6 Å². The van der Waals surface area contributed by atoms with Crippen molar-refractivity contribution in [2.45, 2.75) is 19.9 Å². The molecule has 0 radical (unpaired) electrons. The van der Waals surface area contributed by atoms with E-state index >= 15 is 0 Å². The Morgan fingerprint density at radius 2 is 2.00 bits per heavy atom. The Morgan fingerprint density at radius 3 is 2.68 bits per heavy atom. The van der Waals surface area contributed by atoms with E-state index in [1.807, 2.05) is 13.8 Å². The zero-order chi connectivity index (χ0) is 14.0. The molecule has 0 aliphatic heterocycles. The summed E-state index contributed by atoms with van der Waals surface area (Å²) in [4.78, 5) is 0. The van der Waals surface area contributed by atoms with Gasteiger partial charge in [0.2, 0.25) is 0 Å². The first-order valence-electron chi connectivity index (χ1n) is 6.01. The Balaban J connectivity index is 2.35. The minimum atomic E-state index is -0.523. The maximum Gasteiger partial charge on any atom is 0.138 e. The van der Waals surface area contributed by atoms with Crippen LogP contribution < -0.4 is 5.32 Å². The minimum absolute atomic E-state index is 0.0297. The molecule has 2 aromatic rings. The molecule has 0 aliphatic carbocycles. The largest absolute Gasteiger partial charge is 0.459 e. The van der Waals surface area contributed by atoms with Crippen molar-refractivity contribution in [1.29, 1.82) is 0 Å². The number of furan rings is 1. The van der Waals surface area contributed by atoms with Crippen molar-refractivity contribution in [2.75, 3.05) is 6.54 Å². The maximum atomic E-state index is 13.8. The molecule has 0 aliphatic rings. The molecule has 0 bridgehead atoms. The Bertz CT molecular complexity index is 583. The fraction of sp³-hybridized carbons (Fsp3) is 0.286. The quantitative estimate of drug-likeness (QED) is 0.825. The van der Waals surface area contributed by atoms with E-state index in [1.165, 1.54) is 0 Å². The highest BCUT2D eigenvalue weighted by molar-refractivity contribution is 9.10. The van der Waals surface area contributed by atoms with Crippen molar-refractivity contribution in [3.05, 3.63) is 46.1 Å². The van der Waals surface area contributed by atoms with Crippen LogP contribution in [0.1, 0.15) is 25.6 Å². The highest BCUT2D eigenvalue weighted by Gasteiger charge is 2.15. The highest BCUT2D eigenvalue weighted by atomic mass is 79.9. The first-order chi connectivity index (χ1) is 9.02. The summed E-state index contributed by atoms with van der Waals surface area (Å²) >= 11 is 2.95. The van der Waals surface area contributed by atoms with Gasteiger partial charge in [-0.1, -0.05) is 6.92 Å². The maximum absolute atomic E-state index is 13.8. The van der Waals surface area contributed by atoms with E-state index in [0.29, 0.717) is 11.5 Å². The summed E-state index contributed by atoms with van der Waals surface area (Å²) in [5, 5.41) is 3.19. The summed E-state index contributed by atoms with van der Waals surface area (Å²) in [7, 11) is 0. The summed E-state index contributed by atoms with van der Waals surface area (Å²) in [6.45, 7) is 4.74. The third-order valence-electron chi connectivity index (χ3n) is 2.84. The fourth-order valence-electron chi connectivity index (χ4n) is 1.85. The van der Waals surface area contributed by atoms with Gasteiger partial charge in [0.1, 0.15) is 23.2 Å². The summed E-state index contributed by atoms with van der Waals surface area (Å²) in [5.74, 6) is -0.0254. The average Bonchev–Trinajstić information content (AvgIpc) is 2.83. The smallest absolute Gasteiger partial charge is 0.138 e. The summed E-state index contributed by atoms with van der Waals surface area (Å²) in [6.07, 6.45) is 0. The van der Waals surface area contributed by atoms with Gasteiger partial charge in [0.15, 0.2) is 0 Å². The van der Waals surface area contributed by atoms with Crippen LogP contribution in [0.5, 0.6) is 0 Å². The number of halogens is 3. The van der Waals surface area contributed by atoms with E-state index < -0.39 is 11.6 Å². The van der Waals surface area contributed by atoms with Crippen LogP contribution in [0.4, 0.5) is 8.78 Å². The van der Waals surface area contributed by atoms with Crippen LogP contribution in [0.3, 0.4) is 0 Å². The second-order valence-corrected chi connectivity index (χ2v) is 5.08. The van der Waals surface area contributed by atoms with Crippen LogP contribution in [-0.2, 0) is 0 Å². The van der Waals surface area contributed by atoms with E-state index in [9.17, 15) is 8.78 Å². The molecule has 0 fully saturated rings. The second kappa shape index (κ2) is 5.84. The third-order valence-corrected chi connectivity index (χ3v) is 3.45. The van der Waals surface area contributed by atoms with E-state index in [1.54, 1.807) is 12.1 Å². The molecule has 1 atom stereocenters. The van der Waals surface area contributed by atoms with Gasteiger partial charge in [-0.05, 0) is 53.7 Å². The van der Waals surface area contributed by atoms with Crippen molar-refractivity contribution in [3.8, 4) is 11.3 Å². The average molecular weight is 330 g/mol. The number of hydrogen-bond donors (Lipinski definition) is 1. The van der Waals surface area contributed by atoms with Gasteiger partial charge in [-0.25, -0.2) is 8.78 Å². The lowest BCUT2D eigenvalue weighted by molar-refractivity contribution is 0.443. The van der Waals surface area contributed by atoms with Crippen molar-refractivity contribution < 1.29 is 13.2 Å². The van der Waals surface area contributed by atoms with Crippen LogP contribution in [0.15, 0.2) is 33.2 Å². The summed E-state index contributed by atoms with van der Waals surface area (Å²) in [5.41, 5.74) is 0.121. The van der Waals surface area contributed by atoms with E-state index in [2.05, 4.69) is 21.2 Å². The predicted molar refractivity (Wildman–Crippen MR) is 73.9 cm³/mol. The standard InChI is InChI=1S/C14H14BrF2NO/c1-3-18-8(2)13-4-5-14(19-13)9-6-12(17)10(15)7-11(9)16/h4-8,18H,3H2,1-2H3. The van der Waals surface area contributed by atoms with Gasteiger partial charge in [0, 0.05) is 0 Å². The van der Waals surface area contributed by atoms with Crippen molar-refractivity contribution in [3.63, 3.8) is 0 Å². The van der Waals surface area contributed by atoms with Crippen molar-refractivity contribution >= 4 is 15.9 Å². The Labute approximate surface area is 118 Å². The van der Waals surface area contributed by atoms with Gasteiger partial charge in [-0.2, -0.15) is 0 Å². The zero-order valence-corrected chi connectivity index (χ0v) is 12.2. The normalized spacial score (nSPS) is 12.7. The minimum Gasteiger partial charge on any atom is -0.459 e. The topological polar surface area (TPSA) is 25.2 Å². The molecule has 0 saturated heterocycles. The number of benzene rings is 1. The number of nitrogens with one attached hydrogen (secondary N) is 1. The van der Waals surface area contributed by atoms with Gasteiger partial charge in [0.25, 0.3) is 0 Å². The molecule has 102 valence electrons. The molecular formula is C14H14BrF2NO. The van der Waals surface area contributed by atoms with Crippen LogP contribution in [-0.4, -0.2) is 6.54 Å². The lowest BCUT2D eigenvalue weighted by Gasteiger charge is -2.08. The molecule has 19 heavy (non-hydrogen) atoms. The molecule has 5 heteroatoms. The van der Waals surface area contributed by atoms with Gasteiger partial charge >= 0.3 is 0 Å². The monoisotopic (exact) mass is 329 g/mol. The zero-order valence-electron chi connectivity index (χ0n) is 10.6. The number of rotatable bonds is 4. The summed E-state index contributed by atoms with van der Waals surface area (Å²) < 4.78 is 32.9. The van der Waals surface area contributed by atoms with Crippen LogP contribution in [0.2, 0.25) is 0 Å². The van der Waals surface area contributed by atoms with Crippen molar-refractivity contribution in [2.24, 2.45) is 0 Å². The molecule has 1 aromatic heterocycles. The Morgan fingerprint density at radius 1 is 1.26 bits per heavy atom. The SMILES string of the molecule is CCNC(C)c1ccc(-c2cc(F)c(Br)cc2F)o1. The molecule has 1 heterocycles. The Kier molecular flexibility index (Phi) is 4.37. The first-order valence-corrected chi connectivity index (χ1v) is 6.80. The highest BCUT2D eigenvalue weighted by Crippen LogP contribution is 2.30. The first kappa shape index (κ1) is 14.2. The Hall–Kier alpha value is -1.20.